The Morgan fingerprint density at radius 2 is 1.91 bits per heavy atom. The summed E-state index contributed by atoms with van der Waals surface area (Å²) in [6, 6.07) is 10.1. The first kappa shape index (κ1) is 23.8. The van der Waals surface area contributed by atoms with Gasteiger partial charge in [-0.05, 0) is 55.4 Å². The highest BCUT2D eigenvalue weighted by Crippen LogP contribution is 2.45. The Morgan fingerprint density at radius 1 is 1.06 bits per heavy atom. The van der Waals surface area contributed by atoms with Crippen molar-refractivity contribution in [1.82, 2.24) is 5.32 Å². The van der Waals surface area contributed by atoms with Gasteiger partial charge in [0.2, 0.25) is 5.91 Å². The van der Waals surface area contributed by atoms with Gasteiger partial charge >= 0.3 is 5.97 Å². The molecule has 1 aromatic rings. The van der Waals surface area contributed by atoms with Crippen LogP contribution in [0, 0.1) is 23.7 Å². The van der Waals surface area contributed by atoms with Crippen LogP contribution in [0.15, 0.2) is 78.9 Å². The van der Waals surface area contributed by atoms with Gasteiger partial charge in [0.25, 0.3) is 0 Å². The zero-order valence-electron chi connectivity index (χ0n) is 18.7. The summed E-state index contributed by atoms with van der Waals surface area (Å²) in [5.74, 6) is 1.27. The average Bonchev–Trinajstić information content (AvgIpc) is 3.27. The first-order valence-electron chi connectivity index (χ1n) is 11.9. The first-order valence-corrected chi connectivity index (χ1v) is 11.9. The minimum atomic E-state index is -0.735. The van der Waals surface area contributed by atoms with Gasteiger partial charge in [0.15, 0.2) is 0 Å². The van der Waals surface area contributed by atoms with Crippen LogP contribution < -0.4 is 5.32 Å². The maximum atomic E-state index is 12.1. The number of carbonyl (C=O) groups is 2. The van der Waals surface area contributed by atoms with E-state index >= 15 is 0 Å². The Labute approximate surface area is 191 Å². The normalized spacial score (nSPS) is 25.0. The van der Waals surface area contributed by atoms with E-state index in [1.807, 2.05) is 30.4 Å². The number of carboxylic acids is 1. The molecule has 4 atom stereocenters. The van der Waals surface area contributed by atoms with E-state index in [1.54, 1.807) is 6.08 Å². The van der Waals surface area contributed by atoms with Gasteiger partial charge < -0.3 is 10.4 Å². The molecule has 0 heterocycles. The van der Waals surface area contributed by atoms with Crippen molar-refractivity contribution in [2.75, 3.05) is 6.54 Å². The minimum absolute atomic E-state index is 0.0669. The molecule has 2 aliphatic rings. The monoisotopic (exact) mass is 433 g/mol. The molecule has 1 amide bonds. The van der Waals surface area contributed by atoms with Crippen molar-refractivity contribution in [3.8, 4) is 0 Å². The maximum Gasteiger partial charge on any atom is 0.303 e. The van der Waals surface area contributed by atoms with Crippen LogP contribution >= 0.6 is 0 Å². The lowest BCUT2D eigenvalue weighted by Gasteiger charge is -2.33. The van der Waals surface area contributed by atoms with E-state index < -0.39 is 5.97 Å². The fourth-order valence-corrected chi connectivity index (χ4v) is 4.88. The zero-order chi connectivity index (χ0) is 22.6. The van der Waals surface area contributed by atoms with Gasteiger partial charge in [-0.3, -0.25) is 9.59 Å². The van der Waals surface area contributed by atoms with E-state index in [9.17, 15) is 9.59 Å². The molecule has 0 radical (unpaired) electrons. The molecule has 0 spiro atoms. The molecule has 32 heavy (non-hydrogen) atoms. The summed E-state index contributed by atoms with van der Waals surface area (Å²) in [5.41, 5.74) is 1.22. The van der Waals surface area contributed by atoms with Crippen LogP contribution in [0.5, 0.6) is 0 Å². The number of hydrogen-bond donors (Lipinski definition) is 2. The van der Waals surface area contributed by atoms with Gasteiger partial charge in [0.1, 0.15) is 0 Å². The molecule has 1 fully saturated rings. The summed E-state index contributed by atoms with van der Waals surface area (Å²) in [4.78, 5) is 22.8. The van der Waals surface area contributed by atoms with Gasteiger partial charge in [0.05, 0.1) is 0 Å². The van der Waals surface area contributed by atoms with Crippen LogP contribution in [-0.2, 0) is 16.0 Å². The molecular formula is C28H35NO3. The van der Waals surface area contributed by atoms with Crippen molar-refractivity contribution in [2.45, 2.75) is 44.9 Å². The number of benzene rings is 1. The third-order valence-corrected chi connectivity index (χ3v) is 6.51. The molecule has 0 bridgehead atoms. The molecule has 1 saturated carbocycles. The van der Waals surface area contributed by atoms with E-state index in [4.69, 9.17) is 5.11 Å². The van der Waals surface area contributed by atoms with Crippen molar-refractivity contribution in [3.05, 3.63) is 84.5 Å². The lowest BCUT2D eigenvalue weighted by Crippen LogP contribution is -2.26. The van der Waals surface area contributed by atoms with Crippen LogP contribution in [-0.4, -0.2) is 23.5 Å². The molecule has 2 N–H and O–H groups in total. The van der Waals surface area contributed by atoms with Crippen LogP contribution in [0.4, 0.5) is 0 Å². The van der Waals surface area contributed by atoms with Crippen molar-refractivity contribution in [3.63, 3.8) is 0 Å². The summed E-state index contributed by atoms with van der Waals surface area (Å²) in [6.45, 7) is 0.628. The predicted octanol–water partition coefficient (Wildman–Crippen LogP) is 5.49. The third kappa shape index (κ3) is 7.67. The molecule has 170 valence electrons. The number of carboxylic acid groups (broad SMARTS) is 1. The third-order valence-electron chi connectivity index (χ3n) is 6.51. The molecule has 4 nitrogen and oxygen atoms in total. The Morgan fingerprint density at radius 3 is 2.72 bits per heavy atom. The van der Waals surface area contributed by atoms with Crippen LogP contribution in [0.25, 0.3) is 0 Å². The second-order valence-corrected chi connectivity index (χ2v) is 8.78. The maximum absolute atomic E-state index is 12.1. The van der Waals surface area contributed by atoms with Crippen molar-refractivity contribution in [2.24, 2.45) is 23.7 Å². The van der Waals surface area contributed by atoms with E-state index in [1.165, 1.54) is 24.8 Å². The predicted molar refractivity (Wildman–Crippen MR) is 129 cm³/mol. The Hall–Kier alpha value is -2.88. The van der Waals surface area contributed by atoms with E-state index in [0.717, 1.165) is 12.8 Å². The Balaban J connectivity index is 1.49. The number of aliphatic carboxylic acids is 1. The van der Waals surface area contributed by atoms with Gasteiger partial charge in [-0.1, -0.05) is 79.3 Å². The fraction of sp³-hybridized carbons (Fsp3) is 0.429. The molecule has 3 rings (SSSR count). The number of unbranched alkanes of at least 4 members (excludes halogenated alkanes) is 1. The van der Waals surface area contributed by atoms with Crippen molar-refractivity contribution < 1.29 is 14.7 Å². The number of hydrogen-bond acceptors (Lipinski definition) is 2. The number of allylic oxidation sites excluding steroid dienone is 7. The highest BCUT2D eigenvalue weighted by Gasteiger charge is 2.36. The summed E-state index contributed by atoms with van der Waals surface area (Å²) in [5, 5.41) is 11.7. The molecule has 0 saturated heterocycles. The second kappa shape index (κ2) is 12.8. The highest BCUT2D eigenvalue weighted by molar-refractivity contribution is 5.87. The van der Waals surface area contributed by atoms with Crippen molar-refractivity contribution in [1.29, 1.82) is 0 Å². The van der Waals surface area contributed by atoms with E-state index in [-0.39, 0.29) is 12.3 Å². The molecule has 2 aliphatic carbocycles. The molecule has 0 unspecified atom stereocenters. The Kier molecular flexibility index (Phi) is 9.55. The molecule has 1 aromatic carbocycles. The number of amides is 1. The topological polar surface area (TPSA) is 66.4 Å². The van der Waals surface area contributed by atoms with Crippen LogP contribution in [0.1, 0.15) is 44.1 Å². The van der Waals surface area contributed by atoms with Gasteiger partial charge in [-0.25, -0.2) is 0 Å². The molecule has 4 heteroatoms. The van der Waals surface area contributed by atoms with Crippen LogP contribution in [0.2, 0.25) is 0 Å². The first-order chi connectivity index (χ1) is 15.6. The smallest absolute Gasteiger partial charge is 0.303 e. The van der Waals surface area contributed by atoms with Crippen molar-refractivity contribution >= 4 is 11.9 Å². The average molecular weight is 434 g/mol. The van der Waals surface area contributed by atoms with E-state index in [2.05, 4.69) is 47.8 Å². The quantitative estimate of drug-likeness (QED) is 0.210. The molecule has 0 aromatic heterocycles. The highest BCUT2D eigenvalue weighted by atomic mass is 16.4. The van der Waals surface area contributed by atoms with Gasteiger partial charge in [-0.2, -0.15) is 0 Å². The van der Waals surface area contributed by atoms with Gasteiger partial charge in [0, 0.05) is 25.0 Å². The summed E-state index contributed by atoms with van der Waals surface area (Å²) in [7, 11) is 0. The molecular weight excluding hydrogens is 398 g/mol. The summed E-state index contributed by atoms with van der Waals surface area (Å²) >= 11 is 0. The number of rotatable bonds is 11. The van der Waals surface area contributed by atoms with E-state index in [0.29, 0.717) is 36.6 Å². The zero-order valence-corrected chi connectivity index (χ0v) is 18.7. The SMILES string of the molecule is O=C(O)CCC/C=C/[C@@H]1C=C[C@@H]2CCC[C@H]2[C@H]1/C=C\C=C\C(=O)NCCc1ccccc1. The largest absolute Gasteiger partial charge is 0.481 e. The number of fused-ring (bicyclic) bond motifs is 1. The standard InChI is InChI=1S/C28H35NO3/c30-27(29-21-20-22-10-3-1-4-11-22)16-8-7-14-25-23(12-5-2-6-17-28(31)32)18-19-24-13-9-15-26(24)25/h1,3-5,7-8,10-12,14,16,18-19,23-26H,2,6,9,13,15,17,20-21H2,(H,29,30)(H,31,32)/b12-5+,14-7-,16-8+/t23-,24+,25+,26-/m1/s1. The lowest BCUT2D eigenvalue weighted by atomic mass is 9.71. The summed E-state index contributed by atoms with van der Waals surface area (Å²) < 4.78 is 0. The van der Waals surface area contributed by atoms with Gasteiger partial charge in [-0.15, -0.1) is 0 Å². The minimum Gasteiger partial charge on any atom is -0.481 e. The number of nitrogens with one attached hydrogen (secondary N) is 1. The lowest BCUT2D eigenvalue weighted by molar-refractivity contribution is -0.137. The fourth-order valence-electron chi connectivity index (χ4n) is 4.88. The molecule has 0 aliphatic heterocycles. The second-order valence-electron chi connectivity index (χ2n) is 8.78. The Bertz CT molecular complexity index is 853. The summed E-state index contributed by atoms with van der Waals surface area (Å²) in [6.07, 6.45) is 23.1. The van der Waals surface area contributed by atoms with Crippen LogP contribution in [0.3, 0.4) is 0 Å². The number of carbonyl (C=O) groups excluding carboxylic acids is 1.